The Hall–Kier alpha value is -3.35. The standard InChI is InChI=1S/C25H19ClN2O3S/c1-16-14-19(10-11-20(16)26)31-13-12-30-18-8-6-17(7-9-18)15-23-24(29)28-22-5-3-2-4-21(22)27-25(28)32-23/h2-11,14-15H,12-13H2,1H3/b23-15-. The van der Waals surface area contributed by atoms with Gasteiger partial charge in [0.2, 0.25) is 0 Å². The van der Waals surface area contributed by atoms with Gasteiger partial charge in [-0.3, -0.25) is 4.79 Å². The Balaban J connectivity index is 1.25. The minimum atomic E-state index is -0.0476. The zero-order valence-corrected chi connectivity index (χ0v) is 18.8. The fraction of sp³-hybridized carbons (Fsp3) is 0.120. The van der Waals surface area contributed by atoms with E-state index in [-0.39, 0.29) is 5.56 Å². The molecule has 0 saturated heterocycles. The van der Waals surface area contributed by atoms with E-state index in [1.54, 1.807) is 4.40 Å². The molecule has 5 aromatic rings. The summed E-state index contributed by atoms with van der Waals surface area (Å²) in [6.07, 6.45) is 1.88. The van der Waals surface area contributed by atoms with Crippen LogP contribution >= 0.6 is 22.9 Å². The van der Waals surface area contributed by atoms with E-state index in [9.17, 15) is 4.79 Å². The molecule has 5 nitrogen and oxygen atoms in total. The topological polar surface area (TPSA) is 52.8 Å². The highest BCUT2D eigenvalue weighted by Gasteiger charge is 2.10. The van der Waals surface area contributed by atoms with Crippen LogP contribution in [0.2, 0.25) is 5.02 Å². The highest BCUT2D eigenvalue weighted by molar-refractivity contribution is 7.15. The first kappa shape index (κ1) is 20.5. The van der Waals surface area contributed by atoms with Gasteiger partial charge in [0.05, 0.1) is 15.6 Å². The molecular formula is C25H19ClN2O3S. The van der Waals surface area contributed by atoms with Gasteiger partial charge in [-0.1, -0.05) is 47.2 Å². The number of rotatable bonds is 6. The third kappa shape index (κ3) is 4.07. The summed E-state index contributed by atoms with van der Waals surface area (Å²) in [6, 6.07) is 20.9. The van der Waals surface area contributed by atoms with Gasteiger partial charge in [0, 0.05) is 5.02 Å². The third-order valence-corrected chi connectivity index (χ3v) is 6.47. The van der Waals surface area contributed by atoms with Gasteiger partial charge in [-0.2, -0.15) is 0 Å². The lowest BCUT2D eigenvalue weighted by molar-refractivity contribution is 0.217. The fourth-order valence-electron chi connectivity index (χ4n) is 3.45. The molecule has 160 valence electrons. The zero-order chi connectivity index (χ0) is 22.1. The predicted octanol–water partition coefficient (Wildman–Crippen LogP) is 4.88. The molecule has 0 atom stereocenters. The van der Waals surface area contributed by atoms with Crippen molar-refractivity contribution in [3.8, 4) is 11.5 Å². The van der Waals surface area contributed by atoms with Gasteiger partial charge in [-0.15, -0.1) is 0 Å². The van der Waals surface area contributed by atoms with Gasteiger partial charge in [0.15, 0.2) is 4.96 Å². The van der Waals surface area contributed by atoms with Gasteiger partial charge in [-0.05, 0) is 66.6 Å². The van der Waals surface area contributed by atoms with Crippen LogP contribution in [0.25, 0.3) is 22.1 Å². The van der Waals surface area contributed by atoms with Gasteiger partial charge in [0.1, 0.15) is 24.7 Å². The second-order valence-electron chi connectivity index (χ2n) is 7.31. The largest absolute Gasteiger partial charge is 0.490 e. The molecule has 2 heterocycles. The van der Waals surface area contributed by atoms with Crippen molar-refractivity contribution in [1.82, 2.24) is 9.38 Å². The van der Waals surface area contributed by atoms with E-state index >= 15 is 0 Å². The summed E-state index contributed by atoms with van der Waals surface area (Å²) in [7, 11) is 0. The number of benzene rings is 3. The van der Waals surface area contributed by atoms with Crippen molar-refractivity contribution in [3.63, 3.8) is 0 Å². The van der Waals surface area contributed by atoms with Crippen molar-refractivity contribution in [2.45, 2.75) is 6.92 Å². The molecule has 3 aromatic carbocycles. The average Bonchev–Trinajstić information content (AvgIpc) is 3.31. The quantitative estimate of drug-likeness (QED) is 0.338. The van der Waals surface area contributed by atoms with E-state index < -0.39 is 0 Å². The lowest BCUT2D eigenvalue weighted by Gasteiger charge is -2.09. The molecule has 0 amide bonds. The molecule has 5 rings (SSSR count). The van der Waals surface area contributed by atoms with E-state index in [2.05, 4.69) is 4.98 Å². The predicted molar refractivity (Wildman–Crippen MR) is 129 cm³/mol. The van der Waals surface area contributed by atoms with Crippen LogP contribution in [0.4, 0.5) is 0 Å². The van der Waals surface area contributed by atoms with Crippen LogP contribution in [0, 0.1) is 6.92 Å². The molecule has 0 aliphatic rings. The van der Waals surface area contributed by atoms with Crippen molar-refractivity contribution < 1.29 is 9.47 Å². The molecule has 0 radical (unpaired) electrons. The third-order valence-electron chi connectivity index (χ3n) is 5.07. The maximum Gasteiger partial charge on any atom is 0.274 e. The van der Waals surface area contributed by atoms with Crippen molar-refractivity contribution >= 4 is 45.0 Å². The Morgan fingerprint density at radius 2 is 1.72 bits per heavy atom. The minimum Gasteiger partial charge on any atom is -0.490 e. The first-order valence-electron chi connectivity index (χ1n) is 10.1. The van der Waals surface area contributed by atoms with E-state index in [0.29, 0.717) is 22.7 Å². The summed E-state index contributed by atoms with van der Waals surface area (Å²) in [5, 5.41) is 0.722. The van der Waals surface area contributed by atoms with Crippen LogP contribution in [0.3, 0.4) is 0 Å². The fourth-order valence-corrected chi connectivity index (χ4v) is 4.55. The maximum absolute atomic E-state index is 12.9. The molecule has 0 unspecified atom stereocenters. The molecular weight excluding hydrogens is 444 g/mol. The number of nitrogens with zero attached hydrogens (tertiary/aromatic N) is 2. The van der Waals surface area contributed by atoms with Crippen molar-refractivity contribution in [1.29, 1.82) is 0 Å². The number of imidazole rings is 1. The van der Waals surface area contributed by atoms with Crippen LogP contribution in [-0.4, -0.2) is 22.6 Å². The molecule has 0 fully saturated rings. The maximum atomic E-state index is 12.9. The lowest BCUT2D eigenvalue weighted by atomic mass is 10.2. The molecule has 0 aliphatic heterocycles. The molecule has 2 aromatic heterocycles. The van der Waals surface area contributed by atoms with Crippen molar-refractivity contribution in [3.05, 3.63) is 97.8 Å². The molecule has 7 heteroatoms. The summed E-state index contributed by atoms with van der Waals surface area (Å²) in [5.74, 6) is 1.51. The number of hydrogen-bond donors (Lipinski definition) is 0. The Kier molecular flexibility index (Phi) is 5.55. The molecule has 32 heavy (non-hydrogen) atoms. The molecule has 0 bridgehead atoms. The highest BCUT2D eigenvalue weighted by atomic mass is 35.5. The van der Waals surface area contributed by atoms with Gasteiger partial charge >= 0.3 is 0 Å². The zero-order valence-electron chi connectivity index (χ0n) is 17.2. The van der Waals surface area contributed by atoms with E-state index in [4.69, 9.17) is 21.1 Å². The minimum absolute atomic E-state index is 0.0476. The van der Waals surface area contributed by atoms with Crippen LogP contribution < -0.4 is 19.6 Å². The number of aryl methyl sites for hydroxylation is 1. The number of aromatic nitrogens is 2. The summed E-state index contributed by atoms with van der Waals surface area (Å²) in [5.41, 5.74) is 3.53. The number of fused-ring (bicyclic) bond motifs is 3. The van der Waals surface area contributed by atoms with Crippen molar-refractivity contribution in [2.24, 2.45) is 0 Å². The van der Waals surface area contributed by atoms with Crippen molar-refractivity contribution in [2.75, 3.05) is 13.2 Å². The number of para-hydroxylation sites is 2. The van der Waals surface area contributed by atoms with Crippen LogP contribution in [0.1, 0.15) is 11.1 Å². The van der Waals surface area contributed by atoms with Crippen LogP contribution in [0.15, 0.2) is 71.5 Å². The van der Waals surface area contributed by atoms with E-state index in [1.807, 2.05) is 79.7 Å². The number of ether oxygens (including phenoxy) is 2. The van der Waals surface area contributed by atoms with Crippen LogP contribution in [0.5, 0.6) is 11.5 Å². The van der Waals surface area contributed by atoms with Gasteiger partial charge in [0.25, 0.3) is 5.56 Å². The first-order chi connectivity index (χ1) is 15.6. The molecule has 0 spiro atoms. The number of thiazole rings is 1. The normalized spacial score (nSPS) is 12.0. The molecule has 0 aliphatic carbocycles. The summed E-state index contributed by atoms with van der Waals surface area (Å²) in [4.78, 5) is 18.1. The monoisotopic (exact) mass is 462 g/mol. The lowest BCUT2D eigenvalue weighted by Crippen LogP contribution is -2.22. The Labute approximate surface area is 193 Å². The second-order valence-corrected chi connectivity index (χ2v) is 8.73. The Morgan fingerprint density at radius 1 is 1.00 bits per heavy atom. The molecule has 0 N–H and O–H groups in total. The average molecular weight is 463 g/mol. The SMILES string of the molecule is Cc1cc(OCCOc2ccc(/C=c3\sc4nc5ccccc5n4c3=O)cc2)ccc1Cl. The van der Waals surface area contributed by atoms with Gasteiger partial charge < -0.3 is 9.47 Å². The second kappa shape index (κ2) is 8.65. The molecule has 0 saturated carbocycles. The highest BCUT2D eigenvalue weighted by Crippen LogP contribution is 2.21. The Bertz CT molecular complexity index is 1520. The number of halogens is 1. The first-order valence-corrected chi connectivity index (χ1v) is 11.3. The van der Waals surface area contributed by atoms with E-state index in [1.165, 1.54) is 11.3 Å². The van der Waals surface area contributed by atoms with Gasteiger partial charge in [-0.25, -0.2) is 9.38 Å². The summed E-state index contributed by atoms with van der Waals surface area (Å²) in [6.45, 7) is 2.79. The smallest absolute Gasteiger partial charge is 0.274 e. The summed E-state index contributed by atoms with van der Waals surface area (Å²) < 4.78 is 13.8. The number of hydrogen-bond acceptors (Lipinski definition) is 5. The Morgan fingerprint density at radius 3 is 2.50 bits per heavy atom. The van der Waals surface area contributed by atoms with E-state index in [0.717, 1.165) is 38.7 Å². The summed E-state index contributed by atoms with van der Waals surface area (Å²) >= 11 is 7.42. The van der Waals surface area contributed by atoms with Crippen LogP contribution in [-0.2, 0) is 0 Å².